The number of benzene rings is 2. The van der Waals surface area contributed by atoms with E-state index in [1.54, 1.807) is 0 Å². The zero-order chi connectivity index (χ0) is 28.0. The number of allylic oxidation sites excluding steroid dienone is 1. The third kappa shape index (κ3) is 4.85. The van der Waals surface area contributed by atoms with E-state index in [4.69, 9.17) is 0 Å². The fraction of sp³-hybridized carbons (Fsp3) is 0.364. The van der Waals surface area contributed by atoms with Crippen molar-refractivity contribution in [2.24, 2.45) is 5.41 Å². The van der Waals surface area contributed by atoms with Crippen molar-refractivity contribution >= 4 is 23.8 Å². The minimum absolute atomic E-state index is 0.00430. The molecule has 3 amide bonds. The number of carbonyl (C=O) groups is 3. The molecule has 2 bridgehead atoms. The molecule has 0 spiro atoms. The van der Waals surface area contributed by atoms with E-state index in [-0.39, 0.29) is 29.8 Å². The molecule has 3 heterocycles. The Labute approximate surface area is 235 Å². The topological polar surface area (TPSA) is 85.5 Å². The second-order valence-corrected chi connectivity index (χ2v) is 12.3. The number of hydrogen-bond acceptors (Lipinski definition) is 3. The first kappa shape index (κ1) is 26.1. The van der Waals surface area contributed by atoms with Crippen molar-refractivity contribution in [2.45, 2.75) is 58.2 Å². The van der Waals surface area contributed by atoms with Crippen molar-refractivity contribution in [3.63, 3.8) is 0 Å². The average Bonchev–Trinajstić information content (AvgIpc) is 3.69. The number of aromatic nitrogens is 1. The summed E-state index contributed by atoms with van der Waals surface area (Å²) in [5, 5.41) is 3.03. The summed E-state index contributed by atoms with van der Waals surface area (Å²) in [5.41, 5.74) is 4.95. The van der Waals surface area contributed by atoms with Crippen LogP contribution in [-0.4, -0.2) is 63.7 Å². The van der Waals surface area contributed by atoms with Gasteiger partial charge in [0.2, 0.25) is 5.91 Å². The number of aryl methyl sites for hydroxylation is 1. The maximum Gasteiger partial charge on any atom is 0.268 e. The number of amides is 3. The molecule has 7 heteroatoms. The van der Waals surface area contributed by atoms with Gasteiger partial charge in [0.25, 0.3) is 11.8 Å². The first-order valence-corrected chi connectivity index (χ1v) is 14.2. The molecule has 0 saturated carbocycles. The molecule has 6 rings (SSSR count). The lowest BCUT2D eigenvalue weighted by molar-refractivity contribution is -0.138. The van der Waals surface area contributed by atoms with Gasteiger partial charge in [-0.1, -0.05) is 75.4 Å². The molecule has 2 aliphatic heterocycles. The molecule has 206 valence electrons. The van der Waals surface area contributed by atoms with Crippen molar-refractivity contribution in [3.05, 3.63) is 89.3 Å². The molecule has 2 N–H and O–H groups in total. The third-order valence-electron chi connectivity index (χ3n) is 8.45. The van der Waals surface area contributed by atoms with Crippen LogP contribution in [0.25, 0.3) is 17.2 Å². The highest BCUT2D eigenvalue weighted by molar-refractivity contribution is 5.98. The number of H-pyrrole nitrogens is 1. The Hall–Kier alpha value is -4.13. The summed E-state index contributed by atoms with van der Waals surface area (Å²) in [4.78, 5) is 47.5. The molecular weight excluding hydrogens is 500 g/mol. The van der Waals surface area contributed by atoms with Gasteiger partial charge in [-0.25, -0.2) is 0 Å². The molecule has 0 radical (unpaired) electrons. The largest absolute Gasteiger partial charge is 0.354 e. The van der Waals surface area contributed by atoms with Crippen molar-refractivity contribution in [1.29, 1.82) is 0 Å². The van der Waals surface area contributed by atoms with Crippen LogP contribution in [0.5, 0.6) is 0 Å². The zero-order valence-corrected chi connectivity index (χ0v) is 23.3. The van der Waals surface area contributed by atoms with E-state index in [1.807, 2.05) is 85.2 Å². The lowest BCUT2D eigenvalue weighted by atomic mass is 9.85. The first-order valence-electron chi connectivity index (χ1n) is 14.2. The van der Waals surface area contributed by atoms with Gasteiger partial charge < -0.3 is 20.1 Å². The van der Waals surface area contributed by atoms with Crippen LogP contribution in [0.1, 0.15) is 65.7 Å². The zero-order valence-electron chi connectivity index (χ0n) is 23.3. The Kier molecular flexibility index (Phi) is 6.61. The Balaban J connectivity index is 1.12. The van der Waals surface area contributed by atoms with E-state index >= 15 is 0 Å². The molecule has 1 aliphatic carbocycles. The van der Waals surface area contributed by atoms with Crippen molar-refractivity contribution in [2.75, 3.05) is 13.1 Å². The van der Waals surface area contributed by atoms with E-state index in [2.05, 4.69) is 28.5 Å². The van der Waals surface area contributed by atoms with Gasteiger partial charge in [0.15, 0.2) is 0 Å². The van der Waals surface area contributed by atoms with E-state index < -0.39 is 11.5 Å². The Bertz CT molecular complexity index is 1470. The molecular formula is C33H36N4O3. The molecule has 1 aromatic heterocycles. The Morgan fingerprint density at radius 1 is 0.925 bits per heavy atom. The standard InChI is InChI=1S/C33H36N4O3/c1-33(2,3)29(35-30(38)28-17-24-11-7-8-12-27(24)34-28)32(40)37-20-25-18-26(37)19-36(25)31(39)23-15-13-22(14-16-23)21-9-5-4-6-10-21/h4-7,9-11,13-17,25-26,29,34H,8,12,18-20H2,1-3H3,(H,35,38). The predicted molar refractivity (Wildman–Crippen MR) is 156 cm³/mol. The second-order valence-electron chi connectivity index (χ2n) is 12.3. The molecule has 7 nitrogen and oxygen atoms in total. The second kappa shape index (κ2) is 10.1. The van der Waals surface area contributed by atoms with Crippen LogP contribution in [0.2, 0.25) is 0 Å². The van der Waals surface area contributed by atoms with Crippen LogP contribution in [0, 0.1) is 5.41 Å². The Morgan fingerprint density at radius 2 is 1.60 bits per heavy atom. The van der Waals surface area contributed by atoms with Crippen LogP contribution in [0.3, 0.4) is 0 Å². The van der Waals surface area contributed by atoms with Crippen molar-refractivity contribution < 1.29 is 14.4 Å². The fourth-order valence-electron chi connectivity index (χ4n) is 6.24. The maximum atomic E-state index is 13.8. The van der Waals surface area contributed by atoms with Gasteiger partial charge in [0, 0.05) is 24.3 Å². The minimum Gasteiger partial charge on any atom is -0.354 e. The molecule has 40 heavy (non-hydrogen) atoms. The Morgan fingerprint density at radius 3 is 2.25 bits per heavy atom. The number of fused-ring (bicyclic) bond motifs is 3. The van der Waals surface area contributed by atoms with Crippen LogP contribution < -0.4 is 5.32 Å². The van der Waals surface area contributed by atoms with Gasteiger partial charge in [-0.3, -0.25) is 14.4 Å². The van der Waals surface area contributed by atoms with Gasteiger partial charge in [0.1, 0.15) is 11.7 Å². The monoisotopic (exact) mass is 536 g/mol. The van der Waals surface area contributed by atoms with Crippen LogP contribution in [-0.2, 0) is 11.2 Å². The van der Waals surface area contributed by atoms with E-state index in [9.17, 15) is 14.4 Å². The summed E-state index contributed by atoms with van der Waals surface area (Å²) >= 11 is 0. The maximum absolute atomic E-state index is 13.8. The number of carbonyl (C=O) groups excluding carboxylic acids is 3. The molecule has 2 fully saturated rings. The summed E-state index contributed by atoms with van der Waals surface area (Å²) in [5.74, 6) is -0.343. The number of nitrogens with zero attached hydrogens (tertiary/aromatic N) is 2. The molecule has 2 aromatic carbocycles. The highest BCUT2D eigenvalue weighted by Crippen LogP contribution is 2.34. The first-order chi connectivity index (χ1) is 19.2. The number of aromatic amines is 1. The van der Waals surface area contributed by atoms with Crippen molar-refractivity contribution in [3.8, 4) is 11.1 Å². The van der Waals surface area contributed by atoms with Gasteiger partial charge in [-0.05, 0) is 59.6 Å². The van der Waals surface area contributed by atoms with Gasteiger partial charge >= 0.3 is 0 Å². The van der Waals surface area contributed by atoms with E-state index in [0.29, 0.717) is 24.3 Å². The molecule has 2 saturated heterocycles. The molecule has 3 aromatic rings. The van der Waals surface area contributed by atoms with Crippen LogP contribution in [0.15, 0.2) is 66.7 Å². The number of hydrogen-bond donors (Lipinski definition) is 2. The van der Waals surface area contributed by atoms with Crippen LogP contribution >= 0.6 is 0 Å². The number of piperazine rings is 1. The highest BCUT2D eigenvalue weighted by Gasteiger charge is 2.49. The van der Waals surface area contributed by atoms with Gasteiger partial charge in [0.05, 0.1) is 12.1 Å². The quantitative estimate of drug-likeness (QED) is 0.486. The molecule has 3 aliphatic rings. The number of likely N-dealkylation sites (tertiary alicyclic amines) is 2. The number of rotatable bonds is 5. The summed E-state index contributed by atoms with van der Waals surface area (Å²) in [7, 11) is 0. The van der Waals surface area contributed by atoms with Crippen molar-refractivity contribution in [1.82, 2.24) is 20.1 Å². The fourth-order valence-corrected chi connectivity index (χ4v) is 6.24. The number of nitrogens with one attached hydrogen (secondary N) is 2. The highest BCUT2D eigenvalue weighted by atomic mass is 16.2. The summed E-state index contributed by atoms with van der Waals surface area (Å²) in [6.07, 6.45) is 6.73. The normalized spacial score (nSPS) is 20.4. The summed E-state index contributed by atoms with van der Waals surface area (Å²) in [6, 6.07) is 19.0. The van der Waals surface area contributed by atoms with E-state index in [1.165, 1.54) is 0 Å². The summed E-state index contributed by atoms with van der Waals surface area (Å²) < 4.78 is 0. The smallest absolute Gasteiger partial charge is 0.268 e. The molecule has 3 atom stereocenters. The predicted octanol–water partition coefficient (Wildman–Crippen LogP) is 4.91. The lowest BCUT2D eigenvalue weighted by Gasteiger charge is -2.39. The van der Waals surface area contributed by atoms with Gasteiger partial charge in [-0.15, -0.1) is 0 Å². The van der Waals surface area contributed by atoms with Crippen LogP contribution in [0.4, 0.5) is 0 Å². The lowest BCUT2D eigenvalue weighted by Crippen LogP contribution is -2.59. The SMILES string of the molecule is CC(C)(C)C(NC(=O)c1cc2c([nH]1)CCC=C2)C(=O)N1CC2CC1CN2C(=O)c1ccc(-c2ccccc2)cc1. The molecule has 3 unspecified atom stereocenters. The van der Waals surface area contributed by atoms with Gasteiger partial charge in [-0.2, -0.15) is 0 Å². The van der Waals surface area contributed by atoms with E-state index in [0.717, 1.165) is 41.6 Å². The minimum atomic E-state index is -0.676. The summed E-state index contributed by atoms with van der Waals surface area (Å²) in [6.45, 7) is 6.92. The third-order valence-corrected chi connectivity index (χ3v) is 8.45. The average molecular weight is 537 g/mol.